The molecule has 0 saturated carbocycles. The number of halogens is 4. The van der Waals surface area contributed by atoms with Gasteiger partial charge in [-0.15, -0.1) is 0 Å². The van der Waals surface area contributed by atoms with E-state index in [0.29, 0.717) is 31.1 Å². The number of unbranched alkanes of at least 4 members (excludes halogenated alkanes) is 4. The number of hydrogen-bond acceptors (Lipinski definition) is 3. The van der Waals surface area contributed by atoms with Gasteiger partial charge in [-0.3, -0.25) is 0 Å². The van der Waals surface area contributed by atoms with Crippen molar-refractivity contribution in [3.05, 3.63) is 64.2 Å². The second-order valence-electron chi connectivity index (χ2n) is 8.75. The van der Waals surface area contributed by atoms with Crippen molar-refractivity contribution in [1.29, 1.82) is 0 Å². The van der Waals surface area contributed by atoms with Gasteiger partial charge < -0.3 is 14.2 Å². The zero-order valence-corrected chi connectivity index (χ0v) is 20.3. The van der Waals surface area contributed by atoms with Crippen LogP contribution in [-0.4, -0.2) is 19.8 Å². The van der Waals surface area contributed by atoms with Gasteiger partial charge in [0, 0.05) is 17.0 Å². The van der Waals surface area contributed by atoms with Crippen LogP contribution in [0.4, 0.5) is 17.6 Å². The average molecular weight is 493 g/mol. The van der Waals surface area contributed by atoms with Crippen molar-refractivity contribution >= 4 is 0 Å². The fraction of sp³-hybridized carbons (Fsp3) is 0.500. The Morgan fingerprint density at radius 1 is 0.800 bits per heavy atom. The molecule has 1 fully saturated rings. The summed E-state index contributed by atoms with van der Waals surface area (Å²) in [6, 6.07) is 6.76. The molecule has 0 radical (unpaired) electrons. The molecule has 1 heterocycles. The maximum Gasteiger partial charge on any atom is 0.205 e. The molecule has 0 spiro atoms. The van der Waals surface area contributed by atoms with E-state index in [1.54, 1.807) is 24.3 Å². The van der Waals surface area contributed by atoms with Gasteiger partial charge in [-0.25, -0.2) is 8.78 Å². The highest BCUT2D eigenvalue weighted by Crippen LogP contribution is 2.30. The molecule has 1 saturated heterocycles. The maximum atomic E-state index is 14.4. The van der Waals surface area contributed by atoms with Crippen LogP contribution in [0.15, 0.2) is 24.3 Å². The molecule has 3 nitrogen and oxygen atoms in total. The van der Waals surface area contributed by atoms with Crippen LogP contribution in [0.5, 0.6) is 5.75 Å². The van der Waals surface area contributed by atoms with Crippen LogP contribution in [0.3, 0.4) is 0 Å². The second kappa shape index (κ2) is 13.5. The molecular weight excluding hydrogens is 460 g/mol. The average Bonchev–Trinajstić information content (AvgIpc) is 2.88. The topological polar surface area (TPSA) is 27.7 Å². The van der Waals surface area contributed by atoms with Crippen molar-refractivity contribution in [3.8, 4) is 17.6 Å². The SMILES string of the molecule is CCCCCOc1c(F)c(F)c(C#Cc2ccc(C3OCC(CCCCC)CO3)cc2)c(F)c1F. The van der Waals surface area contributed by atoms with Gasteiger partial charge in [-0.05, 0) is 25.0 Å². The fourth-order valence-corrected chi connectivity index (χ4v) is 3.82. The zero-order valence-electron chi connectivity index (χ0n) is 20.3. The van der Waals surface area contributed by atoms with Crippen molar-refractivity contribution in [2.75, 3.05) is 19.8 Å². The summed E-state index contributed by atoms with van der Waals surface area (Å²) in [4.78, 5) is 0. The molecule has 2 aromatic carbocycles. The second-order valence-corrected chi connectivity index (χ2v) is 8.75. The molecular formula is C28H32F4O3. The molecule has 0 aromatic heterocycles. The van der Waals surface area contributed by atoms with Crippen LogP contribution in [0, 0.1) is 41.0 Å². The Labute approximate surface area is 204 Å². The van der Waals surface area contributed by atoms with Crippen LogP contribution in [0.2, 0.25) is 0 Å². The first kappa shape index (κ1) is 27.0. The summed E-state index contributed by atoms with van der Waals surface area (Å²) in [6.45, 7) is 5.34. The molecule has 0 unspecified atom stereocenters. The van der Waals surface area contributed by atoms with Gasteiger partial charge in [-0.2, -0.15) is 8.78 Å². The molecule has 0 bridgehead atoms. The molecule has 1 aliphatic rings. The highest BCUT2D eigenvalue weighted by molar-refractivity contribution is 5.47. The molecule has 0 atom stereocenters. The first-order chi connectivity index (χ1) is 17.0. The van der Waals surface area contributed by atoms with Gasteiger partial charge >= 0.3 is 0 Å². The van der Waals surface area contributed by atoms with Crippen LogP contribution in [0.1, 0.15) is 81.8 Å². The molecule has 190 valence electrons. The van der Waals surface area contributed by atoms with Gasteiger partial charge in [0.2, 0.25) is 11.6 Å². The third kappa shape index (κ3) is 7.22. The van der Waals surface area contributed by atoms with Crippen molar-refractivity contribution in [2.45, 2.75) is 65.1 Å². The van der Waals surface area contributed by atoms with Crippen LogP contribution < -0.4 is 4.74 Å². The lowest BCUT2D eigenvalue weighted by Crippen LogP contribution is -2.27. The lowest BCUT2D eigenvalue weighted by Gasteiger charge is -2.29. The highest BCUT2D eigenvalue weighted by atomic mass is 19.2. The number of rotatable bonds is 10. The summed E-state index contributed by atoms with van der Waals surface area (Å²) in [6.07, 6.45) is 6.29. The molecule has 1 aliphatic heterocycles. The first-order valence-electron chi connectivity index (χ1n) is 12.3. The van der Waals surface area contributed by atoms with Gasteiger partial charge in [0.05, 0.1) is 19.8 Å². The maximum absolute atomic E-state index is 14.4. The van der Waals surface area contributed by atoms with Gasteiger partial charge in [0.1, 0.15) is 5.56 Å². The van der Waals surface area contributed by atoms with Crippen LogP contribution in [-0.2, 0) is 9.47 Å². The van der Waals surface area contributed by atoms with E-state index < -0.39 is 40.9 Å². The lowest BCUT2D eigenvalue weighted by molar-refractivity contribution is -0.206. The predicted octanol–water partition coefficient (Wildman–Crippen LogP) is 7.45. The highest BCUT2D eigenvalue weighted by Gasteiger charge is 2.26. The van der Waals surface area contributed by atoms with Gasteiger partial charge in [0.15, 0.2) is 23.7 Å². The van der Waals surface area contributed by atoms with E-state index in [2.05, 4.69) is 18.8 Å². The van der Waals surface area contributed by atoms with E-state index in [-0.39, 0.29) is 6.61 Å². The summed E-state index contributed by atoms with van der Waals surface area (Å²) in [5.41, 5.74) is 0.237. The van der Waals surface area contributed by atoms with Crippen LogP contribution >= 0.6 is 0 Å². The van der Waals surface area contributed by atoms with E-state index in [1.165, 1.54) is 12.8 Å². The Morgan fingerprint density at radius 2 is 1.40 bits per heavy atom. The molecule has 2 aromatic rings. The summed E-state index contributed by atoms with van der Waals surface area (Å²) >= 11 is 0. The minimum atomic E-state index is -1.58. The largest absolute Gasteiger partial charge is 0.487 e. The quantitative estimate of drug-likeness (QED) is 0.149. The van der Waals surface area contributed by atoms with E-state index in [9.17, 15) is 17.6 Å². The zero-order chi connectivity index (χ0) is 25.2. The van der Waals surface area contributed by atoms with E-state index >= 15 is 0 Å². The summed E-state index contributed by atoms with van der Waals surface area (Å²) in [5.74, 6) is -2.20. The monoisotopic (exact) mass is 492 g/mol. The third-order valence-corrected chi connectivity index (χ3v) is 5.91. The molecule has 35 heavy (non-hydrogen) atoms. The van der Waals surface area contributed by atoms with E-state index in [4.69, 9.17) is 14.2 Å². The number of benzene rings is 2. The Balaban J connectivity index is 1.65. The van der Waals surface area contributed by atoms with Crippen molar-refractivity contribution in [1.82, 2.24) is 0 Å². The van der Waals surface area contributed by atoms with E-state index in [1.807, 2.05) is 6.92 Å². The predicted molar refractivity (Wildman–Crippen MR) is 126 cm³/mol. The van der Waals surface area contributed by atoms with Gasteiger partial charge in [0.25, 0.3) is 0 Å². The molecule has 7 heteroatoms. The first-order valence-corrected chi connectivity index (χ1v) is 12.3. The fourth-order valence-electron chi connectivity index (χ4n) is 3.82. The molecule has 0 aliphatic carbocycles. The Morgan fingerprint density at radius 3 is 2.00 bits per heavy atom. The Kier molecular flexibility index (Phi) is 10.4. The normalized spacial score (nSPS) is 17.7. The lowest BCUT2D eigenvalue weighted by atomic mass is 10.0. The van der Waals surface area contributed by atoms with Crippen LogP contribution in [0.25, 0.3) is 0 Å². The minimum Gasteiger partial charge on any atom is -0.487 e. The number of hydrogen-bond donors (Lipinski definition) is 0. The minimum absolute atomic E-state index is 0.0358. The van der Waals surface area contributed by atoms with E-state index in [0.717, 1.165) is 31.2 Å². The standard InChI is InChI=1S/C28H32F4O3/c1-3-5-7-9-20-17-34-28(35-18-20)21-13-10-19(11-14-21)12-15-22-23(29)25(31)27(26(32)24(22)30)33-16-8-6-4-2/h10-11,13-14,20,28H,3-9,16-18H2,1-2H3. The van der Waals surface area contributed by atoms with Crippen molar-refractivity contribution in [2.24, 2.45) is 5.92 Å². The molecule has 0 amide bonds. The molecule has 0 N–H and O–H groups in total. The summed E-state index contributed by atoms with van der Waals surface area (Å²) in [5, 5.41) is 0. The summed E-state index contributed by atoms with van der Waals surface area (Å²) < 4.78 is 74.1. The number of ether oxygens (including phenoxy) is 3. The third-order valence-electron chi connectivity index (χ3n) is 5.91. The van der Waals surface area contributed by atoms with Crippen molar-refractivity contribution in [3.63, 3.8) is 0 Å². The molecule has 3 rings (SSSR count). The Bertz CT molecular complexity index is 990. The van der Waals surface area contributed by atoms with Crippen molar-refractivity contribution < 1.29 is 31.8 Å². The smallest absolute Gasteiger partial charge is 0.205 e. The van der Waals surface area contributed by atoms with Gasteiger partial charge in [-0.1, -0.05) is 69.9 Å². The Hall–Kier alpha value is -2.56. The summed E-state index contributed by atoms with van der Waals surface area (Å²) in [7, 11) is 0.